The van der Waals surface area contributed by atoms with Gasteiger partial charge in [-0.2, -0.15) is 0 Å². The second-order valence-electron chi connectivity index (χ2n) is 5.13. The molecule has 0 fully saturated rings. The number of methoxy groups -OCH3 is 1. The lowest BCUT2D eigenvalue weighted by Gasteiger charge is -2.28. The minimum atomic E-state index is 0.626. The number of nitrogens with zero attached hydrogens (tertiary/aromatic N) is 1. The summed E-state index contributed by atoms with van der Waals surface area (Å²) in [5.74, 6) is 0. The van der Waals surface area contributed by atoms with Crippen molar-refractivity contribution in [1.82, 2.24) is 4.90 Å². The first-order valence-corrected chi connectivity index (χ1v) is 7.24. The molecule has 0 aliphatic heterocycles. The number of ether oxygens (including phenoxy) is 1. The third-order valence-electron chi connectivity index (χ3n) is 3.69. The first-order chi connectivity index (χ1) is 9.17. The minimum Gasteiger partial charge on any atom is -0.399 e. The Kier molecular flexibility index (Phi) is 7.53. The molecule has 2 N–H and O–H groups in total. The average Bonchev–Trinajstić information content (AvgIpc) is 2.43. The fraction of sp³-hybridized carbons (Fsp3) is 0.625. The van der Waals surface area contributed by atoms with E-state index in [4.69, 9.17) is 10.5 Å². The Bertz CT molecular complexity index is 337. The summed E-state index contributed by atoms with van der Waals surface area (Å²) in [6.45, 7) is 7.49. The van der Waals surface area contributed by atoms with Gasteiger partial charge in [0.15, 0.2) is 0 Å². The fourth-order valence-corrected chi connectivity index (χ4v) is 2.19. The second-order valence-corrected chi connectivity index (χ2v) is 5.13. The van der Waals surface area contributed by atoms with Crippen LogP contribution in [0.4, 0.5) is 5.69 Å². The van der Waals surface area contributed by atoms with E-state index < -0.39 is 0 Å². The van der Waals surface area contributed by atoms with Crippen LogP contribution < -0.4 is 5.73 Å². The van der Waals surface area contributed by atoms with E-state index in [-0.39, 0.29) is 0 Å². The molecule has 0 aliphatic carbocycles. The normalized spacial score (nSPS) is 12.8. The molecule has 3 nitrogen and oxygen atoms in total. The number of anilines is 1. The molecule has 19 heavy (non-hydrogen) atoms. The zero-order chi connectivity index (χ0) is 14.1. The van der Waals surface area contributed by atoms with Gasteiger partial charge < -0.3 is 10.5 Å². The minimum absolute atomic E-state index is 0.626. The van der Waals surface area contributed by atoms with E-state index in [1.807, 2.05) is 12.1 Å². The zero-order valence-corrected chi connectivity index (χ0v) is 12.6. The lowest BCUT2D eigenvalue weighted by molar-refractivity contribution is 0.122. The quantitative estimate of drug-likeness (QED) is 0.697. The smallest absolute Gasteiger partial charge is 0.0589 e. The van der Waals surface area contributed by atoms with Gasteiger partial charge in [0.2, 0.25) is 0 Å². The maximum absolute atomic E-state index is 5.69. The molecule has 0 aliphatic rings. The summed E-state index contributed by atoms with van der Waals surface area (Å²) in [7, 11) is 1.77. The molecule has 1 atom stereocenters. The van der Waals surface area contributed by atoms with Gasteiger partial charge in [-0.3, -0.25) is 4.90 Å². The van der Waals surface area contributed by atoms with Crippen molar-refractivity contribution in [3.8, 4) is 0 Å². The Labute approximate surface area is 117 Å². The topological polar surface area (TPSA) is 38.5 Å². The molecule has 1 rings (SSSR count). The van der Waals surface area contributed by atoms with Crippen molar-refractivity contribution in [2.24, 2.45) is 0 Å². The fourth-order valence-electron chi connectivity index (χ4n) is 2.19. The first kappa shape index (κ1) is 16.0. The van der Waals surface area contributed by atoms with Crippen molar-refractivity contribution in [2.45, 2.75) is 39.2 Å². The van der Waals surface area contributed by atoms with E-state index >= 15 is 0 Å². The third-order valence-corrected chi connectivity index (χ3v) is 3.69. The highest BCUT2D eigenvalue weighted by atomic mass is 16.5. The molecule has 3 heteroatoms. The van der Waals surface area contributed by atoms with Gasteiger partial charge in [-0.05, 0) is 50.4 Å². The van der Waals surface area contributed by atoms with Crippen molar-refractivity contribution in [3.05, 3.63) is 29.8 Å². The lowest BCUT2D eigenvalue weighted by atomic mass is 10.1. The predicted molar refractivity (Wildman–Crippen MR) is 82.4 cm³/mol. The molecule has 0 heterocycles. The Hall–Kier alpha value is -1.06. The Morgan fingerprint density at radius 2 is 1.89 bits per heavy atom. The summed E-state index contributed by atoms with van der Waals surface area (Å²) in [5, 5.41) is 0. The van der Waals surface area contributed by atoms with Gasteiger partial charge in [-0.25, -0.2) is 0 Å². The highest BCUT2D eigenvalue weighted by Crippen LogP contribution is 2.10. The van der Waals surface area contributed by atoms with Crippen LogP contribution >= 0.6 is 0 Å². The van der Waals surface area contributed by atoms with Crippen molar-refractivity contribution in [3.63, 3.8) is 0 Å². The molecule has 0 spiro atoms. The van der Waals surface area contributed by atoms with E-state index in [2.05, 4.69) is 30.9 Å². The molecule has 0 amide bonds. The van der Waals surface area contributed by atoms with E-state index in [1.54, 1.807) is 7.11 Å². The van der Waals surface area contributed by atoms with Crippen LogP contribution in [0.2, 0.25) is 0 Å². The molecule has 0 saturated heterocycles. The molecular weight excluding hydrogens is 236 g/mol. The van der Waals surface area contributed by atoms with Crippen LogP contribution in [0.3, 0.4) is 0 Å². The molecular formula is C16H28N2O. The molecule has 1 aromatic rings. The summed E-state index contributed by atoms with van der Waals surface area (Å²) >= 11 is 0. The molecule has 108 valence electrons. The number of nitrogen functional groups attached to an aromatic ring is 1. The summed E-state index contributed by atoms with van der Waals surface area (Å²) in [4.78, 5) is 2.51. The van der Waals surface area contributed by atoms with Gasteiger partial charge in [-0.15, -0.1) is 0 Å². The summed E-state index contributed by atoms with van der Waals surface area (Å²) in [6.07, 6.45) is 3.48. The largest absolute Gasteiger partial charge is 0.399 e. The maximum Gasteiger partial charge on any atom is 0.0589 e. The zero-order valence-electron chi connectivity index (χ0n) is 12.6. The van der Waals surface area contributed by atoms with Crippen molar-refractivity contribution in [2.75, 3.05) is 32.5 Å². The van der Waals surface area contributed by atoms with Gasteiger partial charge in [0.1, 0.15) is 0 Å². The van der Waals surface area contributed by atoms with Gasteiger partial charge in [-0.1, -0.05) is 19.1 Å². The highest BCUT2D eigenvalue weighted by molar-refractivity contribution is 5.39. The van der Waals surface area contributed by atoms with Gasteiger partial charge in [0.05, 0.1) is 6.61 Å². The van der Waals surface area contributed by atoms with E-state index in [0.29, 0.717) is 6.04 Å². The SMILES string of the molecule is CCC(C)N(CCCc1ccc(N)cc1)CCOC. The van der Waals surface area contributed by atoms with Crippen LogP contribution in [-0.4, -0.2) is 37.7 Å². The third kappa shape index (κ3) is 6.08. The van der Waals surface area contributed by atoms with Crippen LogP contribution in [-0.2, 0) is 11.2 Å². The van der Waals surface area contributed by atoms with E-state index in [9.17, 15) is 0 Å². The van der Waals surface area contributed by atoms with Gasteiger partial charge >= 0.3 is 0 Å². The van der Waals surface area contributed by atoms with E-state index in [1.165, 1.54) is 18.4 Å². The van der Waals surface area contributed by atoms with E-state index in [0.717, 1.165) is 31.8 Å². The van der Waals surface area contributed by atoms with Crippen molar-refractivity contribution in [1.29, 1.82) is 0 Å². The van der Waals surface area contributed by atoms with Crippen LogP contribution in [0.1, 0.15) is 32.3 Å². The summed E-state index contributed by atoms with van der Waals surface area (Å²) in [5.41, 5.74) is 7.90. The lowest BCUT2D eigenvalue weighted by Crippen LogP contribution is -2.36. The van der Waals surface area contributed by atoms with Crippen molar-refractivity contribution >= 4 is 5.69 Å². The van der Waals surface area contributed by atoms with Gasteiger partial charge in [0, 0.05) is 25.4 Å². The average molecular weight is 264 g/mol. The summed E-state index contributed by atoms with van der Waals surface area (Å²) < 4.78 is 5.19. The number of nitrogens with two attached hydrogens (primary N) is 1. The maximum atomic E-state index is 5.69. The standard InChI is InChI=1S/C16H28N2O/c1-4-14(2)18(12-13-19-3)11-5-6-15-7-9-16(17)10-8-15/h7-10,14H,4-6,11-13,17H2,1-3H3. The Morgan fingerprint density at radius 3 is 2.47 bits per heavy atom. The van der Waals surface area contributed by atoms with Crippen LogP contribution in [0.25, 0.3) is 0 Å². The number of benzene rings is 1. The number of rotatable bonds is 9. The monoisotopic (exact) mass is 264 g/mol. The summed E-state index contributed by atoms with van der Waals surface area (Å²) in [6, 6.07) is 8.83. The molecule has 1 unspecified atom stereocenters. The van der Waals surface area contributed by atoms with Crippen LogP contribution in [0.5, 0.6) is 0 Å². The van der Waals surface area contributed by atoms with Crippen LogP contribution in [0.15, 0.2) is 24.3 Å². The number of hydrogen-bond donors (Lipinski definition) is 1. The second kappa shape index (κ2) is 8.94. The predicted octanol–water partition coefficient (Wildman–Crippen LogP) is 2.95. The Balaban J connectivity index is 2.36. The molecule has 0 bridgehead atoms. The van der Waals surface area contributed by atoms with Crippen LogP contribution in [0, 0.1) is 0 Å². The molecule has 1 aromatic carbocycles. The number of aryl methyl sites for hydroxylation is 1. The first-order valence-electron chi connectivity index (χ1n) is 7.24. The van der Waals surface area contributed by atoms with Gasteiger partial charge in [0.25, 0.3) is 0 Å². The molecule has 0 aromatic heterocycles. The Morgan fingerprint density at radius 1 is 1.21 bits per heavy atom. The number of hydrogen-bond acceptors (Lipinski definition) is 3. The molecule has 0 saturated carbocycles. The van der Waals surface area contributed by atoms with Crippen molar-refractivity contribution < 1.29 is 4.74 Å². The molecule has 0 radical (unpaired) electrons. The highest BCUT2D eigenvalue weighted by Gasteiger charge is 2.11.